The van der Waals surface area contributed by atoms with E-state index >= 15 is 0 Å². The minimum absolute atomic E-state index is 0.0444. The molecule has 0 saturated heterocycles. The number of nitrogens with zero attached hydrogens (tertiary/aromatic N) is 1. The molecule has 36 heavy (non-hydrogen) atoms. The molecule has 1 aromatic heterocycles. The van der Waals surface area contributed by atoms with Gasteiger partial charge in [-0.1, -0.05) is 48.5 Å². The molecule has 6 nitrogen and oxygen atoms in total. The van der Waals surface area contributed by atoms with Crippen LogP contribution < -0.4 is 19.5 Å². The van der Waals surface area contributed by atoms with E-state index in [1.807, 2.05) is 42.5 Å². The minimum Gasteiger partial charge on any atom is -0.496 e. The maximum atomic E-state index is 9.88. The number of aromatic nitrogens is 1. The van der Waals surface area contributed by atoms with Gasteiger partial charge in [0, 0.05) is 31.1 Å². The summed E-state index contributed by atoms with van der Waals surface area (Å²) < 4.78 is 17.6. The first-order chi connectivity index (χ1) is 17.6. The van der Waals surface area contributed by atoms with Crippen molar-refractivity contribution in [2.75, 3.05) is 20.8 Å². The molecule has 6 heteroatoms. The van der Waals surface area contributed by atoms with Crippen molar-refractivity contribution in [3.05, 3.63) is 107 Å². The van der Waals surface area contributed by atoms with Crippen molar-refractivity contribution in [1.29, 1.82) is 0 Å². The number of rotatable bonds is 11. The molecule has 186 valence electrons. The molecule has 1 heterocycles. The molecular weight excluding hydrogens is 452 g/mol. The van der Waals surface area contributed by atoms with E-state index in [2.05, 4.69) is 47.6 Å². The summed E-state index contributed by atoms with van der Waals surface area (Å²) in [5.74, 6) is 1.96. The number of nitrogens with one attached hydrogen (secondary N) is 1. The van der Waals surface area contributed by atoms with Crippen LogP contribution in [0.5, 0.6) is 17.2 Å². The molecule has 0 bridgehead atoms. The van der Waals surface area contributed by atoms with E-state index in [-0.39, 0.29) is 12.6 Å². The molecule has 1 atom stereocenters. The van der Waals surface area contributed by atoms with E-state index in [4.69, 9.17) is 14.2 Å². The summed E-state index contributed by atoms with van der Waals surface area (Å²) in [5.41, 5.74) is 6.49. The van der Waals surface area contributed by atoms with Gasteiger partial charge < -0.3 is 24.6 Å². The van der Waals surface area contributed by atoms with Gasteiger partial charge in [0.05, 0.1) is 32.4 Å². The molecule has 3 aromatic carbocycles. The first-order valence-corrected chi connectivity index (χ1v) is 11.9. The van der Waals surface area contributed by atoms with Crippen LogP contribution in [-0.4, -0.2) is 30.9 Å². The van der Waals surface area contributed by atoms with Gasteiger partial charge >= 0.3 is 0 Å². The van der Waals surface area contributed by atoms with Crippen LogP contribution in [0, 0.1) is 6.92 Å². The van der Waals surface area contributed by atoms with Gasteiger partial charge in [0.15, 0.2) is 0 Å². The average molecular weight is 485 g/mol. The predicted octanol–water partition coefficient (Wildman–Crippen LogP) is 5.48. The second kappa shape index (κ2) is 12.2. The molecule has 0 aliphatic rings. The average Bonchev–Trinajstić information content (AvgIpc) is 2.94. The van der Waals surface area contributed by atoms with Crippen molar-refractivity contribution in [2.24, 2.45) is 0 Å². The van der Waals surface area contributed by atoms with Crippen molar-refractivity contribution in [1.82, 2.24) is 10.3 Å². The highest BCUT2D eigenvalue weighted by molar-refractivity contribution is 5.68. The van der Waals surface area contributed by atoms with E-state index in [1.165, 1.54) is 16.7 Å². The molecule has 1 unspecified atom stereocenters. The standard InChI is InChI=1S/C30H32N2O4/c1-21-24(10-7-11-26(21)22-8-5-4-6-9-22)20-36-25-16-29(34-2)27(30(17-25)35-3)18-32-28(19-33)23-12-14-31-15-13-23/h4-17,28,32-33H,18-20H2,1-3H3. The highest BCUT2D eigenvalue weighted by Crippen LogP contribution is 2.35. The fourth-order valence-electron chi connectivity index (χ4n) is 4.26. The van der Waals surface area contributed by atoms with Gasteiger partial charge in [-0.15, -0.1) is 0 Å². The quantitative estimate of drug-likeness (QED) is 0.294. The van der Waals surface area contributed by atoms with Crippen LogP contribution in [0.2, 0.25) is 0 Å². The number of benzene rings is 3. The lowest BCUT2D eigenvalue weighted by Gasteiger charge is -2.20. The van der Waals surface area contributed by atoms with E-state index in [9.17, 15) is 5.11 Å². The number of aliphatic hydroxyl groups excluding tert-OH is 1. The Bertz CT molecular complexity index is 1240. The molecule has 0 radical (unpaired) electrons. The Morgan fingerprint density at radius 3 is 2.22 bits per heavy atom. The third-order valence-electron chi connectivity index (χ3n) is 6.32. The van der Waals surface area contributed by atoms with Crippen molar-refractivity contribution in [2.45, 2.75) is 26.1 Å². The van der Waals surface area contributed by atoms with Gasteiger partial charge in [-0.2, -0.15) is 0 Å². The number of hydrogen-bond acceptors (Lipinski definition) is 6. The zero-order valence-corrected chi connectivity index (χ0v) is 20.9. The summed E-state index contributed by atoms with van der Waals surface area (Å²) in [6.07, 6.45) is 3.43. The molecule has 0 fully saturated rings. The van der Waals surface area contributed by atoms with Crippen LogP contribution in [0.3, 0.4) is 0 Å². The van der Waals surface area contributed by atoms with Crippen molar-refractivity contribution >= 4 is 0 Å². The van der Waals surface area contributed by atoms with Gasteiger partial charge in [-0.25, -0.2) is 0 Å². The van der Waals surface area contributed by atoms with E-state index < -0.39 is 0 Å². The van der Waals surface area contributed by atoms with E-state index in [0.29, 0.717) is 30.4 Å². The number of pyridine rings is 1. The van der Waals surface area contributed by atoms with E-state index in [1.54, 1.807) is 26.6 Å². The first kappa shape index (κ1) is 25.2. The summed E-state index contributed by atoms with van der Waals surface area (Å²) in [6.45, 7) is 2.94. The first-order valence-electron chi connectivity index (χ1n) is 11.9. The Balaban J connectivity index is 1.51. The predicted molar refractivity (Wildman–Crippen MR) is 141 cm³/mol. The summed E-state index contributed by atoms with van der Waals surface area (Å²) in [5, 5.41) is 13.3. The highest BCUT2D eigenvalue weighted by Gasteiger charge is 2.17. The fourth-order valence-corrected chi connectivity index (χ4v) is 4.26. The normalized spacial score (nSPS) is 11.7. The Kier molecular flexibility index (Phi) is 8.55. The maximum Gasteiger partial charge on any atom is 0.130 e. The lowest BCUT2D eigenvalue weighted by atomic mass is 9.97. The summed E-state index contributed by atoms with van der Waals surface area (Å²) >= 11 is 0. The Hall–Kier alpha value is -3.87. The number of methoxy groups -OCH3 is 2. The fraction of sp³-hybridized carbons (Fsp3) is 0.233. The molecule has 0 aliphatic carbocycles. The summed E-state index contributed by atoms with van der Waals surface area (Å²) in [4.78, 5) is 4.05. The smallest absolute Gasteiger partial charge is 0.130 e. The SMILES string of the molecule is COc1cc(OCc2cccc(-c3ccccc3)c2C)cc(OC)c1CNC(CO)c1ccncc1. The zero-order valence-electron chi connectivity index (χ0n) is 20.9. The lowest BCUT2D eigenvalue weighted by molar-refractivity contribution is 0.242. The second-order valence-electron chi connectivity index (χ2n) is 8.45. The number of aliphatic hydroxyl groups is 1. The molecule has 4 rings (SSSR count). The Labute approximate surface area is 212 Å². The maximum absolute atomic E-state index is 9.88. The molecule has 4 aromatic rings. The Morgan fingerprint density at radius 1 is 0.889 bits per heavy atom. The molecule has 0 spiro atoms. The minimum atomic E-state index is -0.238. The van der Waals surface area contributed by atoms with Crippen LogP contribution >= 0.6 is 0 Å². The van der Waals surface area contributed by atoms with Crippen LogP contribution in [0.1, 0.15) is 28.3 Å². The molecule has 0 amide bonds. The third-order valence-corrected chi connectivity index (χ3v) is 6.32. The van der Waals surface area contributed by atoms with Crippen LogP contribution in [0.25, 0.3) is 11.1 Å². The van der Waals surface area contributed by atoms with Crippen LogP contribution in [-0.2, 0) is 13.2 Å². The largest absolute Gasteiger partial charge is 0.496 e. The van der Waals surface area contributed by atoms with Gasteiger partial charge in [-0.3, -0.25) is 4.98 Å². The number of ether oxygens (including phenoxy) is 3. The second-order valence-corrected chi connectivity index (χ2v) is 8.45. The monoisotopic (exact) mass is 484 g/mol. The topological polar surface area (TPSA) is 72.8 Å². The van der Waals surface area contributed by atoms with Gasteiger partial charge in [0.1, 0.15) is 23.9 Å². The van der Waals surface area contributed by atoms with Gasteiger partial charge in [-0.05, 0) is 46.9 Å². The van der Waals surface area contributed by atoms with Gasteiger partial charge in [0.25, 0.3) is 0 Å². The molecule has 2 N–H and O–H groups in total. The zero-order chi connectivity index (χ0) is 25.3. The summed E-state index contributed by atoms with van der Waals surface area (Å²) in [6, 6.07) is 23.9. The third kappa shape index (κ3) is 5.85. The van der Waals surface area contributed by atoms with Crippen molar-refractivity contribution in [3.63, 3.8) is 0 Å². The lowest BCUT2D eigenvalue weighted by Crippen LogP contribution is -2.24. The number of hydrogen-bond donors (Lipinski definition) is 2. The molecular formula is C30H32N2O4. The van der Waals surface area contributed by atoms with Gasteiger partial charge in [0.2, 0.25) is 0 Å². The molecule has 0 aliphatic heterocycles. The highest BCUT2D eigenvalue weighted by atomic mass is 16.5. The molecule has 0 saturated carbocycles. The van der Waals surface area contributed by atoms with E-state index in [0.717, 1.165) is 16.7 Å². The van der Waals surface area contributed by atoms with Crippen LogP contribution in [0.15, 0.2) is 85.2 Å². The van der Waals surface area contributed by atoms with Crippen molar-refractivity contribution < 1.29 is 19.3 Å². The summed E-state index contributed by atoms with van der Waals surface area (Å²) in [7, 11) is 3.25. The Morgan fingerprint density at radius 2 is 1.58 bits per heavy atom. The van der Waals surface area contributed by atoms with Crippen molar-refractivity contribution in [3.8, 4) is 28.4 Å². The van der Waals surface area contributed by atoms with Crippen LogP contribution in [0.4, 0.5) is 0 Å².